The van der Waals surface area contributed by atoms with Crippen molar-refractivity contribution in [1.29, 1.82) is 0 Å². The second-order valence-electron chi connectivity index (χ2n) is 6.02. The molecule has 0 bridgehead atoms. The zero-order chi connectivity index (χ0) is 18.6. The van der Waals surface area contributed by atoms with Gasteiger partial charge < -0.3 is 4.74 Å². The van der Waals surface area contributed by atoms with Gasteiger partial charge in [-0.15, -0.1) is 0 Å². The quantitative estimate of drug-likeness (QED) is 0.559. The molecule has 0 aliphatic carbocycles. The number of nitrogens with zero attached hydrogens (tertiary/aromatic N) is 1. The van der Waals surface area contributed by atoms with Crippen LogP contribution in [0.5, 0.6) is 0 Å². The van der Waals surface area contributed by atoms with Gasteiger partial charge in [0.2, 0.25) is 10.0 Å². The Morgan fingerprint density at radius 2 is 1.76 bits per heavy atom. The lowest BCUT2D eigenvalue weighted by atomic mass is 10.1. The van der Waals surface area contributed by atoms with Gasteiger partial charge >= 0.3 is 5.97 Å². The van der Waals surface area contributed by atoms with E-state index in [-0.39, 0.29) is 29.6 Å². The van der Waals surface area contributed by atoms with E-state index in [4.69, 9.17) is 4.74 Å². The van der Waals surface area contributed by atoms with Crippen LogP contribution in [0.4, 0.5) is 0 Å². The number of hydrogen-bond donors (Lipinski definition) is 0. The van der Waals surface area contributed by atoms with E-state index >= 15 is 0 Å². The average molecular weight is 367 g/mol. The van der Waals surface area contributed by atoms with Gasteiger partial charge in [0.05, 0.1) is 4.90 Å². The predicted molar refractivity (Wildman–Crippen MR) is 89.6 cm³/mol. The van der Waals surface area contributed by atoms with Crippen LogP contribution in [-0.4, -0.2) is 49.5 Å². The van der Waals surface area contributed by atoms with E-state index in [1.807, 2.05) is 0 Å². The zero-order valence-corrected chi connectivity index (χ0v) is 15.0. The molecule has 1 aromatic carbocycles. The lowest BCUT2D eigenvalue weighted by molar-refractivity contribution is -0.152. The number of Topliss-reactive ketones (excluding diaryl/α,β-unsaturated/α-hetero) is 2. The smallest absolute Gasteiger partial charge is 0.324 e. The van der Waals surface area contributed by atoms with Crippen LogP contribution in [0.25, 0.3) is 0 Å². The van der Waals surface area contributed by atoms with Gasteiger partial charge in [-0.25, -0.2) is 8.42 Å². The summed E-state index contributed by atoms with van der Waals surface area (Å²) in [6.45, 7) is 2.53. The predicted octanol–water partition coefficient (Wildman–Crippen LogP) is 1.56. The third kappa shape index (κ3) is 4.52. The maximum Gasteiger partial charge on any atom is 0.324 e. The van der Waals surface area contributed by atoms with E-state index < -0.39 is 22.0 Å². The fourth-order valence-electron chi connectivity index (χ4n) is 2.69. The first kappa shape index (κ1) is 19.3. The summed E-state index contributed by atoms with van der Waals surface area (Å²) in [5.74, 6) is -1.18. The number of rotatable bonds is 6. The molecule has 136 valence electrons. The van der Waals surface area contributed by atoms with Gasteiger partial charge in [-0.3, -0.25) is 14.4 Å². The number of piperidine rings is 1. The maximum absolute atomic E-state index is 12.9. The summed E-state index contributed by atoms with van der Waals surface area (Å²) in [5.41, 5.74) is 0.412. The molecule has 1 atom stereocenters. The molecule has 2 rings (SSSR count). The second-order valence-corrected chi connectivity index (χ2v) is 7.91. The molecule has 0 N–H and O–H groups in total. The lowest BCUT2D eigenvalue weighted by Gasteiger charge is -2.32. The van der Waals surface area contributed by atoms with Crippen molar-refractivity contribution in [3.63, 3.8) is 0 Å². The van der Waals surface area contributed by atoms with Crippen LogP contribution in [0.3, 0.4) is 0 Å². The molecule has 1 saturated heterocycles. The van der Waals surface area contributed by atoms with E-state index in [1.54, 1.807) is 0 Å². The Labute approximate surface area is 147 Å². The highest BCUT2D eigenvalue weighted by Gasteiger charge is 2.38. The van der Waals surface area contributed by atoms with Crippen molar-refractivity contribution in [3.8, 4) is 0 Å². The topological polar surface area (TPSA) is 97.8 Å². The summed E-state index contributed by atoms with van der Waals surface area (Å²) in [5, 5.41) is 0. The maximum atomic E-state index is 12.9. The van der Waals surface area contributed by atoms with Crippen LogP contribution in [0.1, 0.15) is 43.5 Å². The van der Waals surface area contributed by atoms with Crippen LogP contribution in [-0.2, 0) is 24.3 Å². The SMILES string of the molecule is CC(=O)COC(=O)C1CCCCN1S(=O)(=O)c1ccc(C(C)=O)cc1. The summed E-state index contributed by atoms with van der Waals surface area (Å²) in [6.07, 6.45) is 1.69. The van der Waals surface area contributed by atoms with E-state index in [9.17, 15) is 22.8 Å². The summed E-state index contributed by atoms with van der Waals surface area (Å²) in [6, 6.07) is 4.67. The third-order valence-electron chi connectivity index (χ3n) is 4.01. The molecule has 1 aliphatic heterocycles. The summed E-state index contributed by atoms with van der Waals surface area (Å²) in [7, 11) is -3.90. The zero-order valence-electron chi connectivity index (χ0n) is 14.2. The van der Waals surface area contributed by atoms with Gasteiger partial charge in [0.25, 0.3) is 0 Å². The number of carbonyl (C=O) groups excluding carboxylic acids is 3. The number of ether oxygens (including phenoxy) is 1. The van der Waals surface area contributed by atoms with Gasteiger partial charge in [0.15, 0.2) is 11.6 Å². The Balaban J connectivity index is 2.26. The monoisotopic (exact) mass is 367 g/mol. The van der Waals surface area contributed by atoms with E-state index in [1.165, 1.54) is 38.1 Å². The average Bonchev–Trinajstić information content (AvgIpc) is 2.59. The Kier molecular flexibility index (Phi) is 6.07. The highest BCUT2D eigenvalue weighted by molar-refractivity contribution is 7.89. The minimum atomic E-state index is -3.90. The van der Waals surface area contributed by atoms with Crippen molar-refractivity contribution in [1.82, 2.24) is 4.31 Å². The Morgan fingerprint density at radius 1 is 1.12 bits per heavy atom. The van der Waals surface area contributed by atoms with Crippen molar-refractivity contribution >= 4 is 27.6 Å². The van der Waals surface area contributed by atoms with Crippen LogP contribution in [0.15, 0.2) is 29.2 Å². The van der Waals surface area contributed by atoms with Gasteiger partial charge in [-0.1, -0.05) is 12.1 Å². The molecular weight excluding hydrogens is 346 g/mol. The number of ketones is 2. The molecule has 0 radical (unpaired) electrons. The third-order valence-corrected chi connectivity index (χ3v) is 5.93. The molecule has 25 heavy (non-hydrogen) atoms. The van der Waals surface area contributed by atoms with Crippen molar-refractivity contribution in [2.75, 3.05) is 13.2 Å². The normalized spacial score (nSPS) is 18.6. The first-order chi connectivity index (χ1) is 11.7. The number of sulfonamides is 1. The lowest BCUT2D eigenvalue weighted by Crippen LogP contribution is -2.48. The molecule has 0 saturated carbocycles. The molecule has 1 aromatic rings. The van der Waals surface area contributed by atoms with Gasteiger partial charge in [0.1, 0.15) is 12.6 Å². The Bertz CT molecular complexity index is 769. The first-order valence-electron chi connectivity index (χ1n) is 8.02. The number of carbonyl (C=O) groups is 3. The number of benzene rings is 1. The fourth-order valence-corrected chi connectivity index (χ4v) is 4.34. The summed E-state index contributed by atoms with van der Waals surface area (Å²) in [4.78, 5) is 34.5. The van der Waals surface area contributed by atoms with E-state index in [2.05, 4.69) is 0 Å². The summed E-state index contributed by atoms with van der Waals surface area (Å²) < 4.78 is 31.8. The fraction of sp³-hybridized carbons (Fsp3) is 0.471. The molecule has 0 amide bonds. The molecule has 0 aromatic heterocycles. The van der Waals surface area contributed by atoms with Crippen LogP contribution in [0.2, 0.25) is 0 Å². The molecular formula is C17H21NO6S. The molecule has 1 unspecified atom stereocenters. The molecule has 0 spiro atoms. The highest BCUT2D eigenvalue weighted by atomic mass is 32.2. The van der Waals surface area contributed by atoms with Crippen LogP contribution < -0.4 is 0 Å². The van der Waals surface area contributed by atoms with Crippen LogP contribution in [0, 0.1) is 0 Å². The van der Waals surface area contributed by atoms with Crippen molar-refractivity contribution < 1.29 is 27.5 Å². The Hall–Kier alpha value is -2.06. The molecule has 8 heteroatoms. The minimum absolute atomic E-state index is 0.0174. The standard InChI is InChI=1S/C17H21NO6S/c1-12(19)11-24-17(21)16-5-3-4-10-18(16)25(22,23)15-8-6-14(7-9-15)13(2)20/h6-9,16H,3-5,10-11H2,1-2H3. The van der Waals surface area contributed by atoms with Gasteiger partial charge in [0, 0.05) is 12.1 Å². The van der Waals surface area contributed by atoms with Crippen molar-refractivity contribution in [2.45, 2.75) is 44.0 Å². The van der Waals surface area contributed by atoms with Crippen molar-refractivity contribution in [2.24, 2.45) is 0 Å². The molecule has 7 nitrogen and oxygen atoms in total. The summed E-state index contributed by atoms with van der Waals surface area (Å²) >= 11 is 0. The van der Waals surface area contributed by atoms with E-state index in [0.29, 0.717) is 24.8 Å². The van der Waals surface area contributed by atoms with E-state index in [0.717, 1.165) is 4.31 Å². The largest absolute Gasteiger partial charge is 0.457 e. The minimum Gasteiger partial charge on any atom is -0.457 e. The molecule has 1 heterocycles. The highest BCUT2D eigenvalue weighted by Crippen LogP contribution is 2.26. The first-order valence-corrected chi connectivity index (χ1v) is 9.46. The molecule has 1 aliphatic rings. The second kappa shape index (κ2) is 7.88. The van der Waals surface area contributed by atoms with Gasteiger partial charge in [-0.2, -0.15) is 4.31 Å². The number of hydrogen-bond acceptors (Lipinski definition) is 6. The number of esters is 1. The van der Waals surface area contributed by atoms with Crippen molar-refractivity contribution in [3.05, 3.63) is 29.8 Å². The van der Waals surface area contributed by atoms with Gasteiger partial charge in [-0.05, 0) is 45.2 Å². The molecule has 1 fully saturated rings. The Morgan fingerprint density at radius 3 is 2.32 bits per heavy atom. The van der Waals surface area contributed by atoms with Crippen LogP contribution >= 0.6 is 0 Å².